The van der Waals surface area contributed by atoms with Crippen molar-refractivity contribution in [2.75, 3.05) is 0 Å². The van der Waals surface area contributed by atoms with Gasteiger partial charge in [-0.15, -0.1) is 0 Å². The van der Waals surface area contributed by atoms with Gasteiger partial charge >= 0.3 is 5.97 Å². The van der Waals surface area contributed by atoms with Crippen LogP contribution in [0.25, 0.3) is 0 Å². The Morgan fingerprint density at radius 3 is 2.88 bits per heavy atom. The van der Waals surface area contributed by atoms with Crippen LogP contribution in [-0.4, -0.2) is 11.1 Å². The van der Waals surface area contributed by atoms with Gasteiger partial charge in [0.2, 0.25) is 0 Å². The molecule has 1 fully saturated rings. The molecule has 2 nitrogen and oxygen atoms in total. The van der Waals surface area contributed by atoms with Crippen LogP contribution in [0.2, 0.25) is 0 Å². The first-order chi connectivity index (χ1) is 7.63. The number of rotatable bonds is 1. The first kappa shape index (κ1) is 9.88. The summed E-state index contributed by atoms with van der Waals surface area (Å²) in [5, 5.41) is 8.98. The molecular weight excluding hydrogens is 200 g/mol. The van der Waals surface area contributed by atoms with E-state index in [2.05, 4.69) is 13.0 Å². The largest absolute Gasteiger partial charge is 0.478 e. The molecule has 0 bridgehead atoms. The summed E-state index contributed by atoms with van der Waals surface area (Å²) in [6.07, 6.45) is 4.82. The molecule has 16 heavy (non-hydrogen) atoms. The van der Waals surface area contributed by atoms with Crippen molar-refractivity contribution >= 4 is 5.97 Å². The van der Waals surface area contributed by atoms with Gasteiger partial charge in [0.15, 0.2) is 0 Å². The van der Waals surface area contributed by atoms with E-state index in [9.17, 15) is 4.79 Å². The highest BCUT2D eigenvalue weighted by molar-refractivity contribution is 5.88. The lowest BCUT2D eigenvalue weighted by atomic mass is 9.78. The molecule has 1 N–H and O–H groups in total. The van der Waals surface area contributed by atoms with Crippen LogP contribution in [0.15, 0.2) is 18.2 Å². The molecule has 0 aliphatic heterocycles. The number of carboxylic acid groups (broad SMARTS) is 1. The third kappa shape index (κ3) is 1.22. The van der Waals surface area contributed by atoms with Crippen molar-refractivity contribution in [3.63, 3.8) is 0 Å². The van der Waals surface area contributed by atoms with Crippen LogP contribution in [0.5, 0.6) is 0 Å². The molecule has 84 valence electrons. The molecule has 1 spiro atoms. The summed E-state index contributed by atoms with van der Waals surface area (Å²) in [4.78, 5) is 10.9. The molecule has 3 rings (SSSR count). The number of hydrogen-bond donors (Lipinski definition) is 1. The Bertz CT molecular complexity index is 464. The molecule has 0 aromatic heterocycles. The molecule has 1 aromatic carbocycles. The van der Waals surface area contributed by atoms with Gasteiger partial charge in [0.05, 0.1) is 5.56 Å². The monoisotopic (exact) mass is 216 g/mol. The first-order valence-corrected chi connectivity index (χ1v) is 6.00. The fourth-order valence-electron chi connectivity index (χ4n) is 3.36. The highest BCUT2D eigenvalue weighted by Gasteiger charge is 2.53. The van der Waals surface area contributed by atoms with Gasteiger partial charge in [0, 0.05) is 0 Å². The van der Waals surface area contributed by atoms with Gasteiger partial charge in [0.1, 0.15) is 0 Å². The van der Waals surface area contributed by atoms with Crippen LogP contribution < -0.4 is 0 Å². The molecule has 1 aromatic rings. The second kappa shape index (κ2) is 3.09. The van der Waals surface area contributed by atoms with Gasteiger partial charge in [-0.25, -0.2) is 4.79 Å². The second-order valence-corrected chi connectivity index (χ2v) is 5.29. The molecule has 2 aliphatic rings. The Hall–Kier alpha value is -1.31. The van der Waals surface area contributed by atoms with Crippen molar-refractivity contribution in [2.24, 2.45) is 5.92 Å². The number of hydrogen-bond acceptors (Lipinski definition) is 1. The maximum Gasteiger partial charge on any atom is 0.335 e. The van der Waals surface area contributed by atoms with E-state index in [4.69, 9.17) is 5.11 Å². The zero-order chi connectivity index (χ0) is 11.3. The van der Waals surface area contributed by atoms with Crippen LogP contribution in [0.1, 0.15) is 47.7 Å². The van der Waals surface area contributed by atoms with Crippen LogP contribution in [0, 0.1) is 5.92 Å². The van der Waals surface area contributed by atoms with E-state index in [0.29, 0.717) is 11.0 Å². The first-order valence-electron chi connectivity index (χ1n) is 6.00. The van der Waals surface area contributed by atoms with Gasteiger partial charge < -0.3 is 5.11 Å². The lowest BCUT2D eigenvalue weighted by molar-refractivity contribution is 0.0696. The maximum absolute atomic E-state index is 10.9. The zero-order valence-electron chi connectivity index (χ0n) is 9.49. The molecule has 0 saturated heterocycles. The predicted molar refractivity (Wildman–Crippen MR) is 61.8 cm³/mol. The van der Waals surface area contributed by atoms with Gasteiger partial charge in [-0.2, -0.15) is 0 Å². The molecule has 2 atom stereocenters. The maximum atomic E-state index is 10.9. The molecule has 0 heterocycles. The van der Waals surface area contributed by atoms with E-state index >= 15 is 0 Å². The molecule has 2 aliphatic carbocycles. The fraction of sp³-hybridized carbons (Fsp3) is 0.500. The summed E-state index contributed by atoms with van der Waals surface area (Å²) < 4.78 is 0. The molecule has 0 amide bonds. The molecule has 2 heteroatoms. The summed E-state index contributed by atoms with van der Waals surface area (Å²) in [5.41, 5.74) is 3.54. The molecule has 0 radical (unpaired) electrons. The predicted octanol–water partition coefficient (Wildman–Crippen LogP) is 3.00. The Kier molecular flexibility index (Phi) is 1.91. The fourth-order valence-corrected chi connectivity index (χ4v) is 3.36. The van der Waals surface area contributed by atoms with Crippen molar-refractivity contribution in [1.29, 1.82) is 0 Å². The Labute approximate surface area is 95.3 Å². The number of aryl methyl sites for hydroxylation is 1. The summed E-state index contributed by atoms with van der Waals surface area (Å²) in [5.74, 6) is -0.0338. The second-order valence-electron chi connectivity index (χ2n) is 5.29. The van der Waals surface area contributed by atoms with E-state index in [1.54, 1.807) is 6.07 Å². The van der Waals surface area contributed by atoms with Crippen molar-refractivity contribution < 1.29 is 9.90 Å². The van der Waals surface area contributed by atoms with E-state index in [-0.39, 0.29) is 0 Å². The third-order valence-electron chi connectivity index (χ3n) is 4.41. The Morgan fingerprint density at radius 1 is 1.50 bits per heavy atom. The van der Waals surface area contributed by atoms with E-state index in [1.165, 1.54) is 30.4 Å². The smallest absolute Gasteiger partial charge is 0.335 e. The number of carboxylic acids is 1. The highest BCUT2D eigenvalue weighted by atomic mass is 16.4. The van der Waals surface area contributed by atoms with Gasteiger partial charge in [0.25, 0.3) is 0 Å². The number of carbonyl (C=O) groups is 1. The average Bonchev–Trinajstić information content (AvgIpc) is 2.89. The standard InChI is InChI=1S/C14H16O2/c1-9-8-14(9)6-2-3-10-7-11(13(15)16)4-5-12(10)14/h4-5,7,9H,2-3,6,8H2,1H3,(H,15,16). The van der Waals surface area contributed by atoms with E-state index < -0.39 is 5.97 Å². The summed E-state index contributed by atoms with van der Waals surface area (Å²) >= 11 is 0. The van der Waals surface area contributed by atoms with Gasteiger partial charge in [-0.1, -0.05) is 13.0 Å². The van der Waals surface area contributed by atoms with Crippen LogP contribution in [0.3, 0.4) is 0 Å². The van der Waals surface area contributed by atoms with Crippen molar-refractivity contribution in [1.82, 2.24) is 0 Å². The molecule has 1 saturated carbocycles. The SMILES string of the molecule is CC1CC12CCCc1cc(C(=O)O)ccc12. The van der Waals surface area contributed by atoms with Crippen LogP contribution in [-0.2, 0) is 11.8 Å². The topological polar surface area (TPSA) is 37.3 Å². The Morgan fingerprint density at radius 2 is 2.25 bits per heavy atom. The quantitative estimate of drug-likeness (QED) is 0.783. The number of aromatic carboxylic acids is 1. The summed E-state index contributed by atoms with van der Waals surface area (Å²) in [6.45, 7) is 2.31. The normalized spacial score (nSPS) is 31.2. The zero-order valence-corrected chi connectivity index (χ0v) is 9.49. The summed E-state index contributed by atoms with van der Waals surface area (Å²) in [6, 6.07) is 5.70. The third-order valence-corrected chi connectivity index (χ3v) is 4.41. The molecular formula is C14H16O2. The van der Waals surface area contributed by atoms with Crippen LogP contribution in [0.4, 0.5) is 0 Å². The summed E-state index contributed by atoms with van der Waals surface area (Å²) in [7, 11) is 0. The number of fused-ring (bicyclic) bond motifs is 2. The lowest BCUT2D eigenvalue weighted by Gasteiger charge is -2.26. The number of benzene rings is 1. The van der Waals surface area contributed by atoms with E-state index in [0.717, 1.165) is 12.3 Å². The van der Waals surface area contributed by atoms with Gasteiger partial charge in [-0.3, -0.25) is 0 Å². The highest BCUT2D eigenvalue weighted by Crippen LogP contribution is 2.59. The molecule has 2 unspecified atom stereocenters. The lowest BCUT2D eigenvalue weighted by Crippen LogP contribution is -2.18. The Balaban J connectivity index is 2.08. The van der Waals surface area contributed by atoms with E-state index in [1.807, 2.05) is 6.07 Å². The van der Waals surface area contributed by atoms with Crippen molar-refractivity contribution in [3.05, 3.63) is 34.9 Å². The minimum atomic E-state index is -0.814. The minimum absolute atomic E-state index is 0.407. The average molecular weight is 216 g/mol. The minimum Gasteiger partial charge on any atom is -0.478 e. The van der Waals surface area contributed by atoms with Crippen molar-refractivity contribution in [2.45, 2.75) is 38.0 Å². The van der Waals surface area contributed by atoms with Crippen molar-refractivity contribution in [3.8, 4) is 0 Å². The van der Waals surface area contributed by atoms with Gasteiger partial charge in [-0.05, 0) is 60.3 Å². The van der Waals surface area contributed by atoms with Crippen LogP contribution >= 0.6 is 0 Å².